The van der Waals surface area contributed by atoms with E-state index in [9.17, 15) is 9.90 Å². The quantitative estimate of drug-likeness (QED) is 0.511. The van der Waals surface area contributed by atoms with Crippen LogP contribution in [0.4, 0.5) is 0 Å². The van der Waals surface area contributed by atoms with Gasteiger partial charge in [-0.15, -0.1) is 0 Å². The Hall–Kier alpha value is -0.870. The molecule has 0 spiro atoms. The van der Waals surface area contributed by atoms with Gasteiger partial charge in [-0.05, 0) is 20.3 Å². The predicted molar refractivity (Wildman–Crippen MR) is 57.3 cm³/mol. The first kappa shape index (κ1) is 14.1. The molecule has 4 nitrogen and oxygen atoms in total. The maximum Gasteiger partial charge on any atom is 0.333 e. The summed E-state index contributed by atoms with van der Waals surface area (Å²) in [7, 11) is 0. The Kier molecular flexibility index (Phi) is 6.99. The van der Waals surface area contributed by atoms with Crippen LogP contribution in [0.15, 0.2) is 11.6 Å². The average Bonchev–Trinajstić information content (AvgIpc) is 2.18. The highest BCUT2D eigenvalue weighted by Gasteiger charge is 2.13. The molecule has 0 unspecified atom stereocenters. The van der Waals surface area contributed by atoms with Gasteiger partial charge in [0.2, 0.25) is 0 Å². The van der Waals surface area contributed by atoms with Crippen molar-refractivity contribution in [2.45, 2.75) is 33.3 Å². The van der Waals surface area contributed by atoms with Gasteiger partial charge in [0, 0.05) is 18.1 Å². The van der Waals surface area contributed by atoms with Gasteiger partial charge >= 0.3 is 5.97 Å². The first-order chi connectivity index (χ1) is 7.02. The largest absolute Gasteiger partial charge is 0.463 e. The van der Waals surface area contributed by atoms with Crippen molar-refractivity contribution >= 4 is 5.97 Å². The lowest BCUT2D eigenvalue weighted by molar-refractivity contribution is -0.138. The van der Waals surface area contributed by atoms with E-state index in [0.717, 1.165) is 0 Å². The van der Waals surface area contributed by atoms with Crippen molar-refractivity contribution in [3.8, 4) is 0 Å². The molecule has 0 heterocycles. The molecule has 4 heteroatoms. The van der Waals surface area contributed by atoms with Gasteiger partial charge in [0.15, 0.2) is 0 Å². The van der Waals surface area contributed by atoms with Crippen LogP contribution in [-0.4, -0.2) is 35.5 Å². The molecule has 2 atom stereocenters. The molecule has 0 rings (SSSR count). The molecule has 0 aliphatic carbocycles. The SMILES string of the molecule is CCOC(=O)/C(C)=C/[C@H](C)[C@@H](O)CCO. The molecular weight excluding hydrogens is 196 g/mol. The summed E-state index contributed by atoms with van der Waals surface area (Å²) in [6.07, 6.45) is 1.35. The van der Waals surface area contributed by atoms with E-state index < -0.39 is 6.10 Å². The molecule has 0 amide bonds. The molecule has 0 aliphatic heterocycles. The second-order valence-electron chi connectivity index (χ2n) is 3.51. The third kappa shape index (κ3) is 5.54. The number of rotatable bonds is 6. The number of carbonyl (C=O) groups excluding carboxylic acids is 1. The van der Waals surface area contributed by atoms with Crippen molar-refractivity contribution in [1.82, 2.24) is 0 Å². The number of esters is 1. The molecule has 0 bridgehead atoms. The smallest absolute Gasteiger partial charge is 0.333 e. The number of hydrogen-bond acceptors (Lipinski definition) is 4. The van der Waals surface area contributed by atoms with E-state index in [4.69, 9.17) is 9.84 Å². The van der Waals surface area contributed by atoms with Gasteiger partial charge in [-0.25, -0.2) is 4.79 Å². The number of ether oxygens (including phenoxy) is 1. The molecule has 2 N–H and O–H groups in total. The van der Waals surface area contributed by atoms with E-state index in [1.165, 1.54) is 0 Å². The number of carbonyl (C=O) groups is 1. The molecule has 0 saturated carbocycles. The summed E-state index contributed by atoms with van der Waals surface area (Å²) < 4.78 is 4.81. The monoisotopic (exact) mass is 216 g/mol. The van der Waals surface area contributed by atoms with E-state index >= 15 is 0 Å². The summed E-state index contributed by atoms with van der Waals surface area (Å²) >= 11 is 0. The van der Waals surface area contributed by atoms with Gasteiger partial charge in [-0.3, -0.25) is 0 Å². The van der Waals surface area contributed by atoms with Crippen molar-refractivity contribution in [3.05, 3.63) is 11.6 Å². The van der Waals surface area contributed by atoms with Crippen LogP contribution >= 0.6 is 0 Å². The van der Waals surface area contributed by atoms with Crippen molar-refractivity contribution in [2.24, 2.45) is 5.92 Å². The highest BCUT2D eigenvalue weighted by atomic mass is 16.5. The Morgan fingerprint density at radius 1 is 1.53 bits per heavy atom. The zero-order valence-electron chi connectivity index (χ0n) is 9.56. The molecule has 0 aromatic carbocycles. The van der Waals surface area contributed by atoms with Crippen molar-refractivity contribution in [3.63, 3.8) is 0 Å². The molecule has 0 aromatic rings. The minimum atomic E-state index is -0.626. The molecule has 0 fully saturated rings. The normalized spacial score (nSPS) is 15.9. The summed E-state index contributed by atoms with van der Waals surface area (Å²) in [6.45, 7) is 5.48. The summed E-state index contributed by atoms with van der Waals surface area (Å²) in [5.41, 5.74) is 0.487. The summed E-state index contributed by atoms with van der Waals surface area (Å²) in [6, 6.07) is 0. The maximum atomic E-state index is 11.2. The van der Waals surface area contributed by atoms with E-state index in [1.807, 2.05) is 0 Å². The Balaban J connectivity index is 4.27. The van der Waals surface area contributed by atoms with E-state index in [0.29, 0.717) is 18.6 Å². The van der Waals surface area contributed by atoms with Crippen molar-refractivity contribution in [1.29, 1.82) is 0 Å². The van der Waals surface area contributed by atoms with Crippen molar-refractivity contribution in [2.75, 3.05) is 13.2 Å². The fourth-order valence-corrected chi connectivity index (χ4v) is 1.21. The lowest BCUT2D eigenvalue weighted by atomic mass is 9.99. The first-order valence-electron chi connectivity index (χ1n) is 5.17. The molecule has 0 saturated heterocycles. The molecule has 0 aromatic heterocycles. The zero-order valence-corrected chi connectivity index (χ0v) is 9.56. The van der Waals surface area contributed by atoms with Crippen molar-refractivity contribution < 1.29 is 19.7 Å². The van der Waals surface area contributed by atoms with E-state index in [-0.39, 0.29) is 18.5 Å². The second-order valence-corrected chi connectivity index (χ2v) is 3.51. The maximum absolute atomic E-state index is 11.2. The Morgan fingerprint density at radius 3 is 2.60 bits per heavy atom. The van der Waals surface area contributed by atoms with Gasteiger partial charge in [0.1, 0.15) is 0 Å². The van der Waals surface area contributed by atoms with Crippen LogP contribution in [0, 0.1) is 5.92 Å². The summed E-state index contributed by atoms with van der Waals surface area (Å²) in [5.74, 6) is -0.526. The predicted octanol–water partition coefficient (Wildman–Crippen LogP) is 0.875. The van der Waals surface area contributed by atoms with Gasteiger partial charge < -0.3 is 14.9 Å². The van der Waals surface area contributed by atoms with E-state index in [2.05, 4.69) is 0 Å². The topological polar surface area (TPSA) is 66.8 Å². The fraction of sp³-hybridized carbons (Fsp3) is 0.727. The third-order valence-corrected chi connectivity index (χ3v) is 2.14. The van der Waals surface area contributed by atoms with Gasteiger partial charge in [-0.1, -0.05) is 13.0 Å². The lowest BCUT2D eigenvalue weighted by Gasteiger charge is -2.14. The second kappa shape index (κ2) is 7.43. The Morgan fingerprint density at radius 2 is 2.13 bits per heavy atom. The number of aliphatic hydroxyl groups excluding tert-OH is 2. The Labute approximate surface area is 90.6 Å². The fourth-order valence-electron chi connectivity index (χ4n) is 1.21. The molecule has 88 valence electrons. The first-order valence-corrected chi connectivity index (χ1v) is 5.17. The minimum Gasteiger partial charge on any atom is -0.463 e. The highest BCUT2D eigenvalue weighted by molar-refractivity contribution is 5.87. The van der Waals surface area contributed by atoms with Crippen LogP contribution in [0.3, 0.4) is 0 Å². The van der Waals surface area contributed by atoms with E-state index in [1.54, 1.807) is 26.8 Å². The molecule has 15 heavy (non-hydrogen) atoms. The molecule has 0 aliphatic rings. The van der Waals surface area contributed by atoms with Gasteiger partial charge in [0.05, 0.1) is 12.7 Å². The van der Waals surface area contributed by atoms with Crippen LogP contribution in [0.2, 0.25) is 0 Å². The third-order valence-electron chi connectivity index (χ3n) is 2.14. The summed E-state index contributed by atoms with van der Waals surface area (Å²) in [4.78, 5) is 11.2. The highest BCUT2D eigenvalue weighted by Crippen LogP contribution is 2.11. The number of hydrogen-bond donors (Lipinski definition) is 2. The van der Waals surface area contributed by atoms with Gasteiger partial charge in [0.25, 0.3) is 0 Å². The standard InChI is InChI=1S/C11H20O4/c1-4-15-11(14)9(3)7-8(2)10(13)5-6-12/h7-8,10,12-13H,4-6H2,1-3H3/b9-7+/t8-,10-/m0/s1. The Bertz CT molecular complexity index is 223. The molecular formula is C11H20O4. The van der Waals surface area contributed by atoms with Gasteiger partial charge in [-0.2, -0.15) is 0 Å². The van der Waals surface area contributed by atoms with Crippen LogP contribution in [0.5, 0.6) is 0 Å². The number of aliphatic hydroxyl groups is 2. The van der Waals surface area contributed by atoms with Crippen LogP contribution in [0.1, 0.15) is 27.2 Å². The molecule has 0 radical (unpaired) electrons. The van der Waals surface area contributed by atoms with Crippen LogP contribution in [0.25, 0.3) is 0 Å². The van der Waals surface area contributed by atoms with Crippen LogP contribution < -0.4 is 0 Å². The minimum absolute atomic E-state index is 0.0577. The van der Waals surface area contributed by atoms with Crippen LogP contribution in [-0.2, 0) is 9.53 Å². The lowest BCUT2D eigenvalue weighted by Crippen LogP contribution is -2.18. The zero-order chi connectivity index (χ0) is 11.8. The summed E-state index contributed by atoms with van der Waals surface area (Å²) in [5, 5.41) is 18.2. The average molecular weight is 216 g/mol.